The molecule has 33 heavy (non-hydrogen) atoms. The first-order valence-corrected chi connectivity index (χ1v) is 11.6. The van der Waals surface area contributed by atoms with E-state index in [4.69, 9.17) is 21.1 Å². The van der Waals surface area contributed by atoms with Gasteiger partial charge < -0.3 is 14.8 Å². The molecule has 0 atom stereocenters. The molecule has 0 radical (unpaired) electrons. The second-order valence-corrected chi connectivity index (χ2v) is 8.54. The number of carbonyl (C=O) groups is 2. The minimum Gasteiger partial charge on any atom is -0.486 e. The lowest BCUT2D eigenvalue weighted by Gasteiger charge is -2.19. The van der Waals surface area contributed by atoms with Gasteiger partial charge in [-0.25, -0.2) is 9.78 Å². The van der Waals surface area contributed by atoms with E-state index in [1.165, 1.54) is 4.57 Å². The number of amides is 3. The molecule has 0 spiro atoms. The van der Waals surface area contributed by atoms with Gasteiger partial charge >= 0.3 is 6.03 Å². The normalized spacial score (nSPS) is 12.4. The van der Waals surface area contributed by atoms with Crippen molar-refractivity contribution >= 4 is 51.9 Å². The van der Waals surface area contributed by atoms with Crippen LogP contribution in [0, 0.1) is 0 Å². The van der Waals surface area contributed by atoms with Crippen LogP contribution in [0.25, 0.3) is 10.9 Å². The summed E-state index contributed by atoms with van der Waals surface area (Å²) in [6, 6.07) is 9.18. The highest BCUT2D eigenvalue weighted by Gasteiger charge is 2.16. The second-order valence-electron chi connectivity index (χ2n) is 7.16. The van der Waals surface area contributed by atoms with Crippen LogP contribution in [0.3, 0.4) is 0 Å². The SMILES string of the molecule is CCCn1c(SCC(=O)NC(=O)Nc2ccc3c(c2)OCCO3)nc2cc(Cl)ccc2c1=O. The van der Waals surface area contributed by atoms with Crippen LogP contribution in [-0.4, -0.2) is 40.5 Å². The Kier molecular flexibility index (Phi) is 7.05. The minimum atomic E-state index is -0.679. The Hall–Kier alpha value is -3.24. The Morgan fingerprint density at radius 3 is 2.73 bits per heavy atom. The van der Waals surface area contributed by atoms with E-state index in [-0.39, 0.29) is 11.3 Å². The lowest BCUT2D eigenvalue weighted by atomic mass is 10.2. The van der Waals surface area contributed by atoms with Crippen molar-refractivity contribution in [1.82, 2.24) is 14.9 Å². The summed E-state index contributed by atoms with van der Waals surface area (Å²) in [5.74, 6) is 0.495. The number of halogens is 1. The first-order valence-electron chi connectivity index (χ1n) is 10.3. The van der Waals surface area contributed by atoms with Crippen LogP contribution in [0.15, 0.2) is 46.3 Å². The van der Waals surface area contributed by atoms with Gasteiger partial charge in [0.2, 0.25) is 5.91 Å². The van der Waals surface area contributed by atoms with Crippen LogP contribution in [0.1, 0.15) is 13.3 Å². The number of anilines is 1. The molecule has 11 heteroatoms. The molecule has 3 amide bonds. The van der Waals surface area contributed by atoms with E-state index < -0.39 is 11.9 Å². The monoisotopic (exact) mass is 488 g/mol. The van der Waals surface area contributed by atoms with Gasteiger partial charge in [0.1, 0.15) is 13.2 Å². The van der Waals surface area contributed by atoms with Crippen LogP contribution in [0.5, 0.6) is 11.5 Å². The molecule has 2 heterocycles. The van der Waals surface area contributed by atoms with Gasteiger partial charge in [-0.15, -0.1) is 0 Å². The van der Waals surface area contributed by atoms with Gasteiger partial charge in [0.15, 0.2) is 16.7 Å². The lowest BCUT2D eigenvalue weighted by Crippen LogP contribution is -2.35. The first-order chi connectivity index (χ1) is 15.9. The van der Waals surface area contributed by atoms with Crippen molar-refractivity contribution in [2.45, 2.75) is 25.0 Å². The lowest BCUT2D eigenvalue weighted by molar-refractivity contribution is -0.117. The number of carbonyl (C=O) groups excluding carboxylic acids is 2. The third kappa shape index (κ3) is 5.40. The highest BCUT2D eigenvalue weighted by Crippen LogP contribution is 2.32. The molecule has 2 N–H and O–H groups in total. The average molecular weight is 489 g/mol. The number of benzene rings is 2. The molecule has 9 nitrogen and oxygen atoms in total. The predicted molar refractivity (Wildman–Crippen MR) is 127 cm³/mol. The summed E-state index contributed by atoms with van der Waals surface area (Å²) < 4.78 is 12.5. The Morgan fingerprint density at radius 2 is 1.94 bits per heavy atom. The number of urea groups is 1. The number of nitrogens with zero attached hydrogens (tertiary/aromatic N) is 2. The third-order valence-electron chi connectivity index (χ3n) is 4.71. The smallest absolute Gasteiger partial charge is 0.325 e. The number of imide groups is 1. The highest BCUT2D eigenvalue weighted by molar-refractivity contribution is 7.99. The number of hydrogen-bond donors (Lipinski definition) is 2. The van der Waals surface area contributed by atoms with Gasteiger partial charge in [0, 0.05) is 23.3 Å². The van der Waals surface area contributed by atoms with Crippen LogP contribution in [-0.2, 0) is 11.3 Å². The van der Waals surface area contributed by atoms with Crippen molar-refractivity contribution < 1.29 is 19.1 Å². The largest absolute Gasteiger partial charge is 0.486 e. The molecular formula is C22H21ClN4O5S. The maximum atomic E-state index is 12.9. The Labute approximate surface area is 198 Å². The fourth-order valence-electron chi connectivity index (χ4n) is 3.28. The standard InChI is InChI=1S/C22H21ClN4O5S/c1-2-7-27-20(29)15-5-3-13(23)10-16(15)25-22(27)33-12-19(28)26-21(30)24-14-4-6-17-18(11-14)32-9-8-31-17/h3-6,10-11H,2,7-9,12H2,1H3,(H2,24,26,28,30). The van der Waals surface area contributed by atoms with Crippen LogP contribution in [0.4, 0.5) is 10.5 Å². The van der Waals surface area contributed by atoms with Crippen molar-refractivity contribution in [3.8, 4) is 11.5 Å². The molecule has 3 aromatic rings. The molecule has 0 saturated heterocycles. The Morgan fingerprint density at radius 1 is 1.15 bits per heavy atom. The summed E-state index contributed by atoms with van der Waals surface area (Å²) in [4.78, 5) is 41.9. The first kappa shape index (κ1) is 22.9. The van der Waals surface area contributed by atoms with E-state index in [1.54, 1.807) is 36.4 Å². The Bertz CT molecular complexity index is 1280. The van der Waals surface area contributed by atoms with Gasteiger partial charge in [-0.3, -0.25) is 19.5 Å². The molecule has 0 saturated carbocycles. The molecule has 0 aliphatic carbocycles. The molecule has 1 aromatic heterocycles. The molecule has 0 unspecified atom stereocenters. The van der Waals surface area contributed by atoms with Gasteiger partial charge in [-0.2, -0.15) is 0 Å². The maximum Gasteiger partial charge on any atom is 0.325 e. The third-order valence-corrected chi connectivity index (χ3v) is 5.93. The number of rotatable bonds is 6. The summed E-state index contributed by atoms with van der Waals surface area (Å²) in [6.07, 6.45) is 0.721. The highest BCUT2D eigenvalue weighted by atomic mass is 35.5. The van der Waals surface area contributed by atoms with Gasteiger partial charge in [0.05, 0.1) is 16.7 Å². The zero-order chi connectivity index (χ0) is 23.4. The fraction of sp³-hybridized carbons (Fsp3) is 0.273. The molecule has 0 fully saturated rings. The molecular weight excluding hydrogens is 468 g/mol. The number of nitrogens with one attached hydrogen (secondary N) is 2. The zero-order valence-electron chi connectivity index (χ0n) is 17.7. The van der Waals surface area contributed by atoms with E-state index >= 15 is 0 Å². The van der Waals surface area contributed by atoms with Crippen molar-refractivity contribution in [3.63, 3.8) is 0 Å². The second kappa shape index (κ2) is 10.1. The molecule has 1 aliphatic rings. The minimum absolute atomic E-state index is 0.100. The summed E-state index contributed by atoms with van der Waals surface area (Å²) >= 11 is 7.11. The van der Waals surface area contributed by atoms with E-state index in [9.17, 15) is 14.4 Å². The molecule has 2 aromatic carbocycles. The number of aromatic nitrogens is 2. The van der Waals surface area contributed by atoms with Gasteiger partial charge in [0.25, 0.3) is 5.56 Å². The van der Waals surface area contributed by atoms with E-state index in [2.05, 4.69) is 15.6 Å². The van der Waals surface area contributed by atoms with Crippen molar-refractivity contribution in [3.05, 3.63) is 51.8 Å². The topological polar surface area (TPSA) is 112 Å². The van der Waals surface area contributed by atoms with E-state index in [1.807, 2.05) is 6.92 Å². The van der Waals surface area contributed by atoms with Gasteiger partial charge in [-0.05, 0) is 36.8 Å². The zero-order valence-corrected chi connectivity index (χ0v) is 19.3. The van der Waals surface area contributed by atoms with Crippen LogP contribution >= 0.6 is 23.4 Å². The van der Waals surface area contributed by atoms with E-state index in [0.717, 1.165) is 18.2 Å². The summed E-state index contributed by atoms with van der Waals surface area (Å²) in [5.41, 5.74) is 0.721. The fourth-order valence-corrected chi connectivity index (χ4v) is 4.27. The summed E-state index contributed by atoms with van der Waals surface area (Å²) in [6.45, 7) is 3.30. The molecule has 172 valence electrons. The quantitative estimate of drug-likeness (QED) is 0.402. The van der Waals surface area contributed by atoms with Crippen LogP contribution < -0.4 is 25.7 Å². The van der Waals surface area contributed by atoms with Crippen molar-refractivity contribution in [1.29, 1.82) is 0 Å². The molecule has 0 bridgehead atoms. The average Bonchev–Trinajstić information content (AvgIpc) is 2.79. The number of fused-ring (bicyclic) bond motifs is 2. The van der Waals surface area contributed by atoms with E-state index in [0.29, 0.717) is 58.0 Å². The van der Waals surface area contributed by atoms with Crippen LogP contribution in [0.2, 0.25) is 5.02 Å². The molecule has 1 aliphatic heterocycles. The molecule has 4 rings (SSSR count). The summed E-state index contributed by atoms with van der Waals surface area (Å²) in [7, 11) is 0. The van der Waals surface area contributed by atoms with Crippen molar-refractivity contribution in [2.75, 3.05) is 24.3 Å². The summed E-state index contributed by atoms with van der Waals surface area (Å²) in [5, 5.41) is 6.18. The maximum absolute atomic E-state index is 12.9. The predicted octanol–water partition coefficient (Wildman–Crippen LogP) is 3.67. The number of ether oxygens (including phenoxy) is 2. The van der Waals surface area contributed by atoms with Gasteiger partial charge in [-0.1, -0.05) is 30.3 Å². The Balaban J connectivity index is 1.41. The number of thioether (sulfide) groups is 1. The number of hydrogen-bond acceptors (Lipinski definition) is 7. The van der Waals surface area contributed by atoms with Crippen molar-refractivity contribution in [2.24, 2.45) is 0 Å².